The Labute approximate surface area is 125 Å². The first-order chi connectivity index (χ1) is 9.76. The van der Waals surface area contributed by atoms with Crippen LogP contribution in [-0.4, -0.2) is 34.0 Å². The van der Waals surface area contributed by atoms with Gasteiger partial charge in [-0.15, -0.1) is 0 Å². The molecule has 2 rings (SSSR count). The maximum absolute atomic E-state index is 12.2. The fraction of sp³-hybridized carbons (Fsp3) is 0.500. The number of rotatable bonds is 4. The Morgan fingerprint density at radius 1 is 1.24 bits per heavy atom. The fourth-order valence-corrected chi connectivity index (χ4v) is 2.41. The van der Waals surface area contributed by atoms with Crippen LogP contribution in [0, 0.1) is 0 Å². The molecule has 0 bridgehead atoms. The van der Waals surface area contributed by atoms with Crippen LogP contribution in [0.25, 0.3) is 0 Å². The third-order valence-electron chi connectivity index (χ3n) is 3.52. The van der Waals surface area contributed by atoms with E-state index in [1.54, 1.807) is 23.1 Å². The number of hydrogen-bond donors (Lipinski definition) is 2. The number of carboxylic acid groups (broad SMARTS) is 1. The molecule has 0 fully saturated rings. The lowest BCUT2D eigenvalue weighted by molar-refractivity contribution is -0.131. The van der Waals surface area contributed by atoms with Gasteiger partial charge in [-0.1, -0.05) is 6.07 Å². The van der Waals surface area contributed by atoms with Crippen LogP contribution < -0.4 is 5.32 Å². The zero-order chi connectivity index (χ0) is 15.6. The molecule has 1 aliphatic heterocycles. The van der Waals surface area contributed by atoms with Gasteiger partial charge in [0.2, 0.25) is 5.91 Å². The molecule has 0 saturated carbocycles. The van der Waals surface area contributed by atoms with Gasteiger partial charge in [-0.05, 0) is 44.0 Å². The lowest BCUT2D eigenvalue weighted by Crippen LogP contribution is -2.38. The predicted octanol–water partition coefficient (Wildman–Crippen LogP) is 2.01. The van der Waals surface area contributed by atoms with E-state index >= 15 is 0 Å². The highest BCUT2D eigenvalue weighted by Gasteiger charge is 2.24. The number of aromatic carboxylic acids is 1. The van der Waals surface area contributed by atoms with Gasteiger partial charge in [0.1, 0.15) is 0 Å². The Hall–Kier alpha value is -1.88. The van der Waals surface area contributed by atoms with Gasteiger partial charge in [-0.3, -0.25) is 4.79 Å². The van der Waals surface area contributed by atoms with Gasteiger partial charge >= 0.3 is 5.97 Å². The second-order valence-electron chi connectivity index (χ2n) is 6.47. The summed E-state index contributed by atoms with van der Waals surface area (Å²) >= 11 is 0. The van der Waals surface area contributed by atoms with Gasteiger partial charge in [0.15, 0.2) is 0 Å². The summed E-state index contributed by atoms with van der Waals surface area (Å²) in [7, 11) is 0. The van der Waals surface area contributed by atoms with E-state index in [4.69, 9.17) is 5.11 Å². The topological polar surface area (TPSA) is 69.6 Å². The summed E-state index contributed by atoms with van der Waals surface area (Å²) in [6, 6.07) is 5.06. The number of nitrogens with one attached hydrogen (secondary N) is 1. The Balaban J connectivity index is 1.93. The molecule has 1 amide bonds. The summed E-state index contributed by atoms with van der Waals surface area (Å²) < 4.78 is 0. The Morgan fingerprint density at radius 3 is 2.52 bits per heavy atom. The van der Waals surface area contributed by atoms with Gasteiger partial charge in [-0.25, -0.2) is 4.79 Å². The number of fused-ring (bicyclic) bond motifs is 1. The monoisotopic (exact) mass is 290 g/mol. The van der Waals surface area contributed by atoms with Crippen molar-refractivity contribution in [3.63, 3.8) is 0 Å². The number of carbonyl (C=O) groups excluding carboxylic acids is 1. The summed E-state index contributed by atoms with van der Waals surface area (Å²) in [4.78, 5) is 24.9. The molecule has 0 radical (unpaired) electrons. The molecule has 5 nitrogen and oxygen atoms in total. The lowest BCUT2D eigenvalue weighted by Gasteiger charge is -2.21. The number of hydrogen-bond acceptors (Lipinski definition) is 3. The molecule has 5 heteroatoms. The van der Waals surface area contributed by atoms with E-state index in [1.807, 2.05) is 0 Å². The first-order valence-electron chi connectivity index (χ1n) is 7.14. The summed E-state index contributed by atoms with van der Waals surface area (Å²) in [6.45, 7) is 7.92. The molecule has 0 saturated heterocycles. The average Bonchev–Trinajstić information content (AvgIpc) is 2.79. The summed E-state index contributed by atoms with van der Waals surface area (Å²) in [5.41, 5.74) is 2.26. The van der Waals surface area contributed by atoms with Crippen LogP contribution in [0.15, 0.2) is 18.2 Å². The normalized spacial score (nSPS) is 14.1. The molecule has 0 aromatic heterocycles. The van der Waals surface area contributed by atoms with Gasteiger partial charge in [0, 0.05) is 31.6 Å². The largest absolute Gasteiger partial charge is 0.478 e. The van der Waals surface area contributed by atoms with Crippen LogP contribution in [0.4, 0.5) is 0 Å². The number of amides is 1. The molecule has 0 unspecified atom stereocenters. The van der Waals surface area contributed by atoms with Crippen LogP contribution in [0.5, 0.6) is 0 Å². The van der Waals surface area contributed by atoms with Crippen molar-refractivity contribution < 1.29 is 14.7 Å². The fourth-order valence-electron chi connectivity index (χ4n) is 2.41. The Morgan fingerprint density at radius 2 is 1.90 bits per heavy atom. The average molecular weight is 290 g/mol. The number of benzene rings is 1. The van der Waals surface area contributed by atoms with Crippen LogP contribution in [0.3, 0.4) is 0 Å². The van der Waals surface area contributed by atoms with Gasteiger partial charge in [0.25, 0.3) is 0 Å². The SMILES string of the molecule is CC(C)(C)NCCC(=O)N1Cc2ccc(C(=O)O)cc2C1. The van der Waals surface area contributed by atoms with E-state index in [2.05, 4.69) is 26.1 Å². The lowest BCUT2D eigenvalue weighted by atomic mass is 10.1. The van der Waals surface area contributed by atoms with E-state index in [-0.39, 0.29) is 17.0 Å². The molecule has 114 valence electrons. The van der Waals surface area contributed by atoms with Crippen molar-refractivity contribution in [1.29, 1.82) is 0 Å². The second-order valence-corrected chi connectivity index (χ2v) is 6.47. The molecule has 21 heavy (non-hydrogen) atoms. The minimum atomic E-state index is -0.933. The third-order valence-corrected chi connectivity index (χ3v) is 3.52. The summed E-state index contributed by atoms with van der Waals surface area (Å²) in [5.74, 6) is -0.836. The van der Waals surface area contributed by atoms with Crippen molar-refractivity contribution in [3.05, 3.63) is 34.9 Å². The smallest absolute Gasteiger partial charge is 0.335 e. The highest BCUT2D eigenvalue weighted by molar-refractivity contribution is 5.88. The number of carbonyl (C=O) groups is 2. The molecule has 0 spiro atoms. The molecular weight excluding hydrogens is 268 g/mol. The van der Waals surface area contributed by atoms with Crippen LogP contribution in [0.1, 0.15) is 48.7 Å². The van der Waals surface area contributed by atoms with Gasteiger partial charge < -0.3 is 15.3 Å². The van der Waals surface area contributed by atoms with Gasteiger partial charge in [0.05, 0.1) is 5.56 Å². The standard InChI is InChI=1S/C16H22N2O3/c1-16(2,3)17-7-6-14(19)18-9-12-5-4-11(15(20)21)8-13(12)10-18/h4-5,8,17H,6-7,9-10H2,1-3H3,(H,20,21). The van der Waals surface area contributed by atoms with E-state index in [0.29, 0.717) is 26.1 Å². The van der Waals surface area contributed by atoms with E-state index in [9.17, 15) is 9.59 Å². The maximum Gasteiger partial charge on any atom is 0.335 e. The molecule has 1 aromatic carbocycles. The van der Waals surface area contributed by atoms with Gasteiger partial charge in [-0.2, -0.15) is 0 Å². The molecule has 0 atom stereocenters. The highest BCUT2D eigenvalue weighted by Crippen LogP contribution is 2.24. The zero-order valence-corrected chi connectivity index (χ0v) is 12.8. The maximum atomic E-state index is 12.2. The summed E-state index contributed by atoms with van der Waals surface area (Å²) in [6.07, 6.45) is 0.455. The second kappa shape index (κ2) is 5.85. The van der Waals surface area contributed by atoms with Crippen molar-refractivity contribution in [2.24, 2.45) is 0 Å². The van der Waals surface area contributed by atoms with Crippen LogP contribution in [0.2, 0.25) is 0 Å². The molecule has 1 aromatic rings. The molecule has 1 heterocycles. The Bertz CT molecular complexity index is 561. The van der Waals surface area contributed by atoms with Crippen molar-refractivity contribution in [1.82, 2.24) is 10.2 Å². The highest BCUT2D eigenvalue weighted by atomic mass is 16.4. The van der Waals surface area contributed by atoms with Crippen LogP contribution >= 0.6 is 0 Å². The predicted molar refractivity (Wildman–Crippen MR) is 80.0 cm³/mol. The molecule has 0 aliphatic carbocycles. The minimum absolute atomic E-state index is 0.00460. The zero-order valence-electron chi connectivity index (χ0n) is 12.8. The van der Waals surface area contributed by atoms with Crippen LogP contribution in [-0.2, 0) is 17.9 Å². The molecule has 2 N–H and O–H groups in total. The van der Waals surface area contributed by atoms with Crippen molar-refractivity contribution >= 4 is 11.9 Å². The van der Waals surface area contributed by atoms with Crippen molar-refractivity contribution in [2.75, 3.05) is 6.54 Å². The van der Waals surface area contributed by atoms with E-state index < -0.39 is 5.97 Å². The Kier molecular flexibility index (Phi) is 4.32. The quantitative estimate of drug-likeness (QED) is 0.890. The van der Waals surface area contributed by atoms with Crippen molar-refractivity contribution in [3.8, 4) is 0 Å². The first-order valence-corrected chi connectivity index (χ1v) is 7.14. The van der Waals surface area contributed by atoms with E-state index in [1.165, 1.54) is 0 Å². The number of nitrogens with zero attached hydrogens (tertiary/aromatic N) is 1. The third kappa shape index (κ3) is 4.04. The molecular formula is C16H22N2O3. The molecule has 1 aliphatic rings. The first kappa shape index (κ1) is 15.5. The minimum Gasteiger partial charge on any atom is -0.478 e. The van der Waals surface area contributed by atoms with Crippen molar-refractivity contribution in [2.45, 2.75) is 45.8 Å². The number of carboxylic acids is 1. The summed E-state index contributed by atoms with van der Waals surface area (Å²) in [5, 5.41) is 12.3. The van der Waals surface area contributed by atoms with E-state index in [0.717, 1.165) is 11.1 Å².